The van der Waals surface area contributed by atoms with Gasteiger partial charge in [-0.25, -0.2) is 4.98 Å². The number of furan rings is 1. The summed E-state index contributed by atoms with van der Waals surface area (Å²) in [6.07, 6.45) is 0. The van der Waals surface area contributed by atoms with E-state index in [0.29, 0.717) is 4.67 Å². The van der Waals surface area contributed by atoms with Crippen molar-refractivity contribution in [3.8, 4) is 0 Å². The summed E-state index contributed by atoms with van der Waals surface area (Å²) < 4.78 is 6.76. The molecule has 0 fully saturated rings. The number of hydrogen-bond donors (Lipinski definition) is 1. The van der Waals surface area contributed by atoms with Crippen LogP contribution < -0.4 is 5.32 Å². The van der Waals surface area contributed by atoms with Crippen molar-refractivity contribution in [2.45, 2.75) is 16.2 Å². The maximum Gasteiger partial charge on any atom is 0.291 e. The molecule has 0 aliphatic rings. The molecule has 0 radical (unpaired) electrons. The molecule has 22 heavy (non-hydrogen) atoms. The van der Waals surface area contributed by atoms with Gasteiger partial charge in [0, 0.05) is 21.7 Å². The molecule has 0 saturated carbocycles. The molecule has 1 amide bonds. The number of benzene rings is 1. The number of nitrogens with zero attached hydrogens (tertiary/aromatic N) is 1. The van der Waals surface area contributed by atoms with Gasteiger partial charge < -0.3 is 9.73 Å². The fourth-order valence-corrected chi connectivity index (χ4v) is 3.83. The van der Waals surface area contributed by atoms with Gasteiger partial charge in [-0.05, 0) is 59.3 Å². The highest BCUT2D eigenvalue weighted by molar-refractivity contribution is 9.10. The highest BCUT2D eigenvalue weighted by Crippen LogP contribution is 2.30. The van der Waals surface area contributed by atoms with Crippen molar-refractivity contribution in [1.82, 2.24) is 4.98 Å². The van der Waals surface area contributed by atoms with Crippen molar-refractivity contribution in [2.75, 3.05) is 5.32 Å². The minimum atomic E-state index is -0.276. The van der Waals surface area contributed by atoms with Gasteiger partial charge in [-0.1, -0.05) is 11.8 Å². The van der Waals surface area contributed by atoms with Gasteiger partial charge in [0.1, 0.15) is 0 Å². The zero-order chi connectivity index (χ0) is 15.5. The first-order valence-electron chi connectivity index (χ1n) is 6.37. The Morgan fingerprint density at radius 1 is 1.27 bits per heavy atom. The molecule has 0 bridgehead atoms. The third-order valence-electron chi connectivity index (χ3n) is 2.71. The molecule has 7 heteroatoms. The van der Waals surface area contributed by atoms with E-state index in [-0.39, 0.29) is 11.7 Å². The third-order valence-corrected chi connectivity index (χ3v) is 5.20. The average molecular weight is 395 g/mol. The molecule has 2 heterocycles. The Hall–Kier alpha value is -1.57. The first-order chi connectivity index (χ1) is 10.6. The van der Waals surface area contributed by atoms with Gasteiger partial charge in [0.05, 0.1) is 0 Å². The number of amides is 1. The number of hydrogen-bond acceptors (Lipinski definition) is 5. The van der Waals surface area contributed by atoms with Crippen LogP contribution in [0.1, 0.15) is 16.2 Å². The van der Waals surface area contributed by atoms with Gasteiger partial charge in [0.15, 0.2) is 14.8 Å². The number of carbonyl (C=O) groups excluding carboxylic acids is 1. The fourth-order valence-electron chi connectivity index (χ4n) is 1.72. The second-order valence-corrected chi connectivity index (χ2v) is 7.40. The molecular formula is C15H11BrN2O2S2. The second-order valence-electron chi connectivity index (χ2n) is 4.44. The van der Waals surface area contributed by atoms with E-state index < -0.39 is 0 Å². The normalized spacial score (nSPS) is 10.6. The largest absolute Gasteiger partial charge is 0.444 e. The first kappa shape index (κ1) is 15.3. The second kappa shape index (κ2) is 6.68. The predicted octanol–water partition coefficient (Wildman–Crippen LogP) is 5.21. The van der Waals surface area contributed by atoms with E-state index in [4.69, 9.17) is 4.42 Å². The van der Waals surface area contributed by atoms with Crippen molar-refractivity contribution in [1.29, 1.82) is 0 Å². The van der Waals surface area contributed by atoms with Crippen LogP contribution in [-0.2, 0) is 0 Å². The van der Waals surface area contributed by atoms with Crippen LogP contribution in [0, 0.1) is 6.92 Å². The SMILES string of the molecule is Cc1csc(Sc2ccc(NC(=O)c3ccc(Br)o3)cc2)n1. The van der Waals surface area contributed by atoms with E-state index in [1.807, 2.05) is 36.6 Å². The summed E-state index contributed by atoms with van der Waals surface area (Å²) in [5.41, 5.74) is 1.75. The number of rotatable bonds is 4. The Kier molecular flexibility index (Phi) is 4.66. The average Bonchev–Trinajstić information content (AvgIpc) is 3.10. The lowest BCUT2D eigenvalue weighted by atomic mass is 10.3. The van der Waals surface area contributed by atoms with Gasteiger partial charge in [-0.3, -0.25) is 4.79 Å². The van der Waals surface area contributed by atoms with Crippen LogP contribution in [0.3, 0.4) is 0 Å². The van der Waals surface area contributed by atoms with Gasteiger partial charge >= 0.3 is 0 Å². The lowest BCUT2D eigenvalue weighted by molar-refractivity contribution is 0.0995. The standard InChI is InChI=1S/C15H11BrN2O2S2/c1-9-8-21-15(17-9)22-11-4-2-10(3-5-11)18-14(19)12-6-7-13(16)20-12/h2-8H,1H3,(H,18,19). The number of halogens is 1. The quantitative estimate of drug-likeness (QED) is 0.659. The lowest BCUT2D eigenvalue weighted by Gasteiger charge is -2.04. The zero-order valence-electron chi connectivity index (χ0n) is 11.5. The summed E-state index contributed by atoms with van der Waals surface area (Å²) in [6, 6.07) is 10.9. The molecule has 2 aromatic heterocycles. The first-order valence-corrected chi connectivity index (χ1v) is 8.86. The van der Waals surface area contributed by atoms with Crippen molar-refractivity contribution in [3.63, 3.8) is 0 Å². The molecule has 1 N–H and O–H groups in total. The van der Waals surface area contributed by atoms with E-state index in [1.165, 1.54) is 0 Å². The fraction of sp³-hybridized carbons (Fsp3) is 0.0667. The Labute approximate surface area is 144 Å². The molecular weight excluding hydrogens is 384 g/mol. The number of aryl methyl sites for hydroxylation is 1. The summed E-state index contributed by atoms with van der Waals surface area (Å²) in [6.45, 7) is 1.98. The molecule has 0 aliphatic carbocycles. The van der Waals surface area contributed by atoms with E-state index in [1.54, 1.807) is 35.2 Å². The van der Waals surface area contributed by atoms with Crippen molar-refractivity contribution < 1.29 is 9.21 Å². The Morgan fingerprint density at radius 2 is 2.05 bits per heavy atom. The van der Waals surface area contributed by atoms with Crippen LogP contribution in [0.15, 0.2) is 60.1 Å². The predicted molar refractivity (Wildman–Crippen MR) is 91.8 cm³/mol. The smallest absolute Gasteiger partial charge is 0.291 e. The molecule has 0 atom stereocenters. The molecule has 112 valence electrons. The lowest BCUT2D eigenvalue weighted by Crippen LogP contribution is -2.10. The van der Waals surface area contributed by atoms with Crippen LogP contribution in [0.25, 0.3) is 0 Å². The van der Waals surface area contributed by atoms with Crippen LogP contribution in [-0.4, -0.2) is 10.9 Å². The third kappa shape index (κ3) is 3.79. The highest BCUT2D eigenvalue weighted by atomic mass is 79.9. The number of anilines is 1. The minimum absolute atomic E-state index is 0.267. The minimum Gasteiger partial charge on any atom is -0.444 e. The van der Waals surface area contributed by atoms with Gasteiger partial charge in [-0.15, -0.1) is 11.3 Å². The molecule has 3 aromatic rings. The van der Waals surface area contributed by atoms with Gasteiger partial charge in [-0.2, -0.15) is 0 Å². The van der Waals surface area contributed by atoms with E-state index >= 15 is 0 Å². The summed E-state index contributed by atoms with van der Waals surface area (Å²) in [5.74, 6) is -0.00904. The van der Waals surface area contributed by atoms with Crippen molar-refractivity contribution in [2.24, 2.45) is 0 Å². The summed E-state index contributed by atoms with van der Waals surface area (Å²) in [7, 11) is 0. The summed E-state index contributed by atoms with van der Waals surface area (Å²) in [4.78, 5) is 17.5. The van der Waals surface area contributed by atoms with Gasteiger partial charge in [0.25, 0.3) is 5.91 Å². The van der Waals surface area contributed by atoms with E-state index in [0.717, 1.165) is 20.6 Å². The zero-order valence-corrected chi connectivity index (χ0v) is 14.7. The van der Waals surface area contributed by atoms with Crippen LogP contribution in [0.2, 0.25) is 0 Å². The number of aromatic nitrogens is 1. The number of thiazole rings is 1. The van der Waals surface area contributed by atoms with Crippen LogP contribution in [0.5, 0.6) is 0 Å². The molecule has 0 aliphatic heterocycles. The molecule has 0 spiro atoms. The summed E-state index contributed by atoms with van der Waals surface area (Å²) in [5, 5.41) is 4.82. The Morgan fingerprint density at radius 3 is 2.64 bits per heavy atom. The molecule has 4 nitrogen and oxygen atoms in total. The van der Waals surface area contributed by atoms with Crippen molar-refractivity contribution in [3.05, 3.63) is 57.9 Å². The van der Waals surface area contributed by atoms with E-state index in [2.05, 4.69) is 26.2 Å². The highest BCUT2D eigenvalue weighted by Gasteiger charge is 2.10. The Balaban J connectivity index is 1.65. The molecule has 0 saturated heterocycles. The summed E-state index contributed by atoms with van der Waals surface area (Å²) >= 11 is 6.40. The monoisotopic (exact) mass is 394 g/mol. The molecule has 1 aromatic carbocycles. The number of carbonyl (C=O) groups is 1. The number of nitrogens with one attached hydrogen (secondary N) is 1. The van der Waals surface area contributed by atoms with Gasteiger partial charge in [0.2, 0.25) is 0 Å². The van der Waals surface area contributed by atoms with Crippen molar-refractivity contribution >= 4 is 50.6 Å². The van der Waals surface area contributed by atoms with Crippen LogP contribution >= 0.6 is 39.0 Å². The topological polar surface area (TPSA) is 55.1 Å². The maximum absolute atomic E-state index is 12.0. The maximum atomic E-state index is 12.0. The van der Waals surface area contributed by atoms with E-state index in [9.17, 15) is 4.79 Å². The van der Waals surface area contributed by atoms with Crippen LogP contribution in [0.4, 0.5) is 5.69 Å². The Bertz CT molecular complexity index is 796. The molecule has 0 unspecified atom stereocenters. The molecule has 3 rings (SSSR count).